The van der Waals surface area contributed by atoms with Crippen LogP contribution < -0.4 is 10.1 Å². The summed E-state index contributed by atoms with van der Waals surface area (Å²) in [5, 5.41) is 2.79. The number of anilines is 1. The van der Waals surface area contributed by atoms with Crippen LogP contribution in [0.3, 0.4) is 0 Å². The van der Waals surface area contributed by atoms with Crippen molar-refractivity contribution in [2.45, 2.75) is 38.5 Å². The molecule has 2 aliphatic rings. The lowest BCUT2D eigenvalue weighted by molar-refractivity contribution is -0.136. The average Bonchev–Trinajstić information content (AvgIpc) is 3.15. The highest BCUT2D eigenvalue weighted by Crippen LogP contribution is 2.29. The number of alkyl halides is 1. The average molecular weight is 411 g/mol. The maximum Gasteiger partial charge on any atom is 0.322 e. The van der Waals surface area contributed by atoms with Gasteiger partial charge in [-0.2, -0.15) is 0 Å². The number of carbonyl (C=O) groups excluding carboxylic acids is 2. The highest BCUT2D eigenvalue weighted by Gasteiger charge is 2.42. The van der Waals surface area contributed by atoms with Crippen LogP contribution in [0.15, 0.2) is 42.5 Å². The molecule has 0 aromatic heterocycles. The molecule has 158 valence electrons. The number of nitrogens with one attached hydrogen (secondary N) is 1. The van der Waals surface area contributed by atoms with Gasteiger partial charge in [0.05, 0.1) is 19.3 Å². The fourth-order valence-electron chi connectivity index (χ4n) is 4.24. The highest BCUT2D eigenvalue weighted by molar-refractivity contribution is 5.95. The van der Waals surface area contributed by atoms with Crippen molar-refractivity contribution in [3.8, 4) is 5.75 Å². The third-order valence-electron chi connectivity index (χ3n) is 5.83. The second kappa shape index (κ2) is 8.34. The first-order chi connectivity index (χ1) is 14.5. The summed E-state index contributed by atoms with van der Waals surface area (Å²) < 4.78 is 19.6. The minimum absolute atomic E-state index is 0.0232. The van der Waals surface area contributed by atoms with Crippen LogP contribution >= 0.6 is 0 Å². The third kappa shape index (κ3) is 3.97. The molecule has 6 nitrogen and oxygen atoms in total. The second-order valence-corrected chi connectivity index (χ2v) is 7.91. The SMILES string of the molecule is COc1ccc(C)cc1NC(=O)N1C[C@@H](F)C[C@H]1C(=O)N1CCc2ccccc2C1. The van der Waals surface area contributed by atoms with Crippen molar-refractivity contribution in [1.82, 2.24) is 9.80 Å². The number of nitrogens with zero attached hydrogens (tertiary/aromatic N) is 2. The Morgan fingerprint density at radius 3 is 2.70 bits per heavy atom. The molecule has 30 heavy (non-hydrogen) atoms. The van der Waals surface area contributed by atoms with E-state index in [1.165, 1.54) is 17.6 Å². The van der Waals surface area contributed by atoms with E-state index in [1.54, 1.807) is 17.0 Å². The van der Waals surface area contributed by atoms with Crippen LogP contribution in [0.5, 0.6) is 5.75 Å². The van der Waals surface area contributed by atoms with Gasteiger partial charge in [-0.3, -0.25) is 4.79 Å². The van der Waals surface area contributed by atoms with Crippen molar-refractivity contribution in [1.29, 1.82) is 0 Å². The van der Waals surface area contributed by atoms with Gasteiger partial charge in [0.15, 0.2) is 0 Å². The number of fused-ring (bicyclic) bond motifs is 1. The molecule has 2 aromatic rings. The second-order valence-electron chi connectivity index (χ2n) is 7.91. The van der Waals surface area contributed by atoms with E-state index < -0.39 is 18.2 Å². The summed E-state index contributed by atoms with van der Waals surface area (Å²) in [6.45, 7) is 2.87. The van der Waals surface area contributed by atoms with E-state index in [0.29, 0.717) is 24.5 Å². The normalized spacial score (nSPS) is 20.6. The van der Waals surface area contributed by atoms with Crippen molar-refractivity contribution in [3.05, 3.63) is 59.2 Å². The molecule has 1 fully saturated rings. The zero-order valence-electron chi connectivity index (χ0n) is 17.2. The molecule has 0 bridgehead atoms. The van der Waals surface area contributed by atoms with Gasteiger partial charge in [-0.05, 0) is 42.2 Å². The number of amides is 3. The molecule has 4 rings (SSSR count). The van der Waals surface area contributed by atoms with E-state index >= 15 is 0 Å². The Bertz CT molecular complexity index is 964. The predicted octanol–water partition coefficient (Wildman–Crippen LogP) is 3.53. The van der Waals surface area contributed by atoms with Crippen molar-refractivity contribution in [3.63, 3.8) is 0 Å². The Hall–Kier alpha value is -3.09. The number of ether oxygens (including phenoxy) is 1. The van der Waals surface area contributed by atoms with E-state index in [0.717, 1.165) is 17.5 Å². The Morgan fingerprint density at radius 1 is 1.17 bits per heavy atom. The molecule has 7 heteroatoms. The van der Waals surface area contributed by atoms with E-state index in [9.17, 15) is 14.0 Å². The van der Waals surface area contributed by atoms with Gasteiger partial charge in [-0.1, -0.05) is 30.3 Å². The summed E-state index contributed by atoms with van der Waals surface area (Å²) in [4.78, 5) is 29.2. The molecule has 0 spiro atoms. The van der Waals surface area contributed by atoms with Gasteiger partial charge in [0.25, 0.3) is 0 Å². The van der Waals surface area contributed by atoms with E-state index in [-0.39, 0.29) is 18.9 Å². The van der Waals surface area contributed by atoms with Crippen LogP contribution in [-0.4, -0.2) is 54.2 Å². The molecule has 1 N–H and O–H groups in total. The van der Waals surface area contributed by atoms with Gasteiger partial charge in [0.1, 0.15) is 18.0 Å². The maximum absolute atomic E-state index is 14.3. The molecule has 3 amide bonds. The fraction of sp³-hybridized carbons (Fsp3) is 0.391. The quantitative estimate of drug-likeness (QED) is 0.841. The van der Waals surface area contributed by atoms with Gasteiger partial charge >= 0.3 is 6.03 Å². The number of halogens is 1. The standard InChI is InChI=1S/C23H26FN3O3/c1-15-7-8-21(30-2)19(11-15)25-23(29)27-14-18(24)12-20(27)22(28)26-10-9-16-5-3-4-6-17(16)13-26/h3-8,11,18,20H,9-10,12-14H2,1-2H3,(H,25,29)/t18-,20-/m0/s1. The number of aryl methyl sites for hydroxylation is 1. The van der Waals surface area contributed by atoms with Crippen LogP contribution in [-0.2, 0) is 17.8 Å². The smallest absolute Gasteiger partial charge is 0.322 e. The molecule has 0 radical (unpaired) electrons. The maximum atomic E-state index is 14.3. The van der Waals surface area contributed by atoms with Crippen LogP contribution in [0.2, 0.25) is 0 Å². The zero-order valence-corrected chi connectivity index (χ0v) is 17.2. The van der Waals surface area contributed by atoms with Gasteiger partial charge in [0, 0.05) is 19.5 Å². The molecule has 1 saturated heterocycles. The van der Waals surface area contributed by atoms with Gasteiger partial charge in [-0.25, -0.2) is 9.18 Å². The summed E-state index contributed by atoms with van der Waals surface area (Å²) >= 11 is 0. The molecule has 0 unspecified atom stereocenters. The van der Waals surface area contributed by atoms with Crippen LogP contribution in [0, 0.1) is 6.92 Å². The summed E-state index contributed by atoms with van der Waals surface area (Å²) in [7, 11) is 1.52. The number of rotatable bonds is 3. The summed E-state index contributed by atoms with van der Waals surface area (Å²) in [5.74, 6) is 0.316. The van der Waals surface area contributed by atoms with Crippen molar-refractivity contribution >= 4 is 17.6 Å². The largest absolute Gasteiger partial charge is 0.495 e. The number of benzene rings is 2. The first-order valence-electron chi connectivity index (χ1n) is 10.2. The number of hydrogen-bond acceptors (Lipinski definition) is 3. The van der Waals surface area contributed by atoms with Crippen molar-refractivity contribution in [2.75, 3.05) is 25.5 Å². The fourth-order valence-corrected chi connectivity index (χ4v) is 4.24. The number of carbonyl (C=O) groups is 2. The predicted molar refractivity (Wildman–Crippen MR) is 112 cm³/mol. The monoisotopic (exact) mass is 411 g/mol. The minimum atomic E-state index is -1.22. The number of likely N-dealkylation sites (tertiary alicyclic amines) is 1. The Labute approximate surface area is 175 Å². The number of urea groups is 1. The summed E-state index contributed by atoms with van der Waals surface area (Å²) in [5.41, 5.74) is 3.79. The van der Waals surface area contributed by atoms with Crippen LogP contribution in [0.4, 0.5) is 14.9 Å². The van der Waals surface area contributed by atoms with Crippen molar-refractivity contribution in [2.24, 2.45) is 0 Å². The molecular weight excluding hydrogens is 385 g/mol. The lowest BCUT2D eigenvalue weighted by Gasteiger charge is -2.33. The molecule has 0 saturated carbocycles. The first-order valence-corrected chi connectivity index (χ1v) is 10.2. The molecule has 2 aromatic carbocycles. The van der Waals surface area contributed by atoms with Gasteiger partial charge in [-0.15, -0.1) is 0 Å². The van der Waals surface area contributed by atoms with E-state index in [1.807, 2.05) is 31.2 Å². The van der Waals surface area contributed by atoms with Gasteiger partial charge in [0.2, 0.25) is 5.91 Å². The first kappa shape index (κ1) is 20.2. The van der Waals surface area contributed by atoms with Crippen LogP contribution in [0.25, 0.3) is 0 Å². The molecule has 2 aliphatic heterocycles. The highest BCUT2D eigenvalue weighted by atomic mass is 19.1. The number of hydrogen-bond donors (Lipinski definition) is 1. The molecular formula is C23H26FN3O3. The summed E-state index contributed by atoms with van der Waals surface area (Å²) in [6, 6.07) is 12.2. The zero-order chi connectivity index (χ0) is 21.3. The Balaban J connectivity index is 1.50. The topological polar surface area (TPSA) is 61.9 Å². The molecule has 2 atom stereocenters. The van der Waals surface area contributed by atoms with E-state index in [4.69, 9.17) is 4.74 Å². The number of methoxy groups -OCH3 is 1. The van der Waals surface area contributed by atoms with Gasteiger partial charge < -0.3 is 19.9 Å². The lowest BCUT2D eigenvalue weighted by Crippen LogP contribution is -2.50. The van der Waals surface area contributed by atoms with E-state index in [2.05, 4.69) is 11.4 Å². The Morgan fingerprint density at radius 2 is 1.93 bits per heavy atom. The van der Waals surface area contributed by atoms with Crippen LogP contribution in [0.1, 0.15) is 23.1 Å². The third-order valence-corrected chi connectivity index (χ3v) is 5.83. The minimum Gasteiger partial charge on any atom is -0.495 e. The Kier molecular flexibility index (Phi) is 5.61. The molecule has 0 aliphatic carbocycles. The molecule has 2 heterocycles. The van der Waals surface area contributed by atoms with Crippen molar-refractivity contribution < 1.29 is 18.7 Å². The lowest BCUT2D eigenvalue weighted by atomic mass is 9.99. The summed E-state index contributed by atoms with van der Waals surface area (Å²) in [6.07, 6.45) is -0.434.